The number of Topliss-reactive ketones (excluding diaryl/α,β-unsaturated/α-hetero) is 1. The molecule has 2 fully saturated rings. The molecular weight excluding hydrogens is 876 g/mol. The zero-order valence-electron chi connectivity index (χ0n) is 39.8. The average Bonchev–Trinajstić information content (AvgIpc) is 3.82. The monoisotopic (exact) mass is 940 g/mol. The molecule has 0 unspecified atom stereocenters. The van der Waals surface area contributed by atoms with Crippen LogP contribution >= 0.6 is 24.6 Å². The fourth-order valence-corrected chi connectivity index (χ4v) is 8.87. The summed E-state index contributed by atoms with van der Waals surface area (Å²) in [5.41, 5.74) is 11.9. The normalized spacial score (nSPS) is 14.9. The Morgan fingerprint density at radius 2 is 1.12 bits per heavy atom. The van der Waals surface area contributed by atoms with E-state index in [-0.39, 0.29) is 35.9 Å². The number of nitriles is 2. The number of amides is 2. The molecule has 3 aliphatic rings. The molecule has 0 aromatic heterocycles. The summed E-state index contributed by atoms with van der Waals surface area (Å²) in [6.07, 6.45) is 6.15. The van der Waals surface area contributed by atoms with Crippen LogP contribution in [0.2, 0.25) is 0 Å². The lowest BCUT2D eigenvalue weighted by atomic mass is 9.88. The number of likely N-dealkylation sites (tertiary alicyclic amines) is 2. The number of piperidine rings is 2. The van der Waals surface area contributed by atoms with E-state index in [9.17, 15) is 14.4 Å². The third kappa shape index (κ3) is 14.8. The minimum Gasteiger partial charge on any atom is -0.339 e. The maximum absolute atomic E-state index is 13.2. The number of ketones is 1. The standard InChI is InChI=1S/C27H30N4O.C27H30N2O2S.ClH.H4N2/c1-18(2)26-16-25(29-30-26)15-24-14-23(7-4-19(24)3)27(32)31-12-10-22(11-13-31)21-8-5-20(17-28)6-9-21;1-18(2)26(30)16-25(32)15-24-14-23(7-4-19(24)3)27(31)29-12-10-22(11-13-29)21-8-5-20(17-28)6-9-21;;1-2/h2*4-9,14,18,22H,10-13,15-16H2,1-3H3;1H;1-2H2. The van der Waals surface area contributed by atoms with Crippen molar-refractivity contribution in [1.82, 2.24) is 9.80 Å². The predicted molar refractivity (Wildman–Crippen MR) is 275 cm³/mol. The molecule has 2 saturated heterocycles. The van der Waals surface area contributed by atoms with Crippen molar-refractivity contribution in [2.45, 2.75) is 105 Å². The molecule has 4 aromatic carbocycles. The van der Waals surface area contributed by atoms with E-state index in [0.29, 0.717) is 60.4 Å². The van der Waals surface area contributed by atoms with Crippen LogP contribution in [-0.2, 0) is 17.6 Å². The van der Waals surface area contributed by atoms with Gasteiger partial charge in [0.2, 0.25) is 0 Å². The number of halogens is 1. The van der Waals surface area contributed by atoms with Crippen molar-refractivity contribution in [3.63, 3.8) is 0 Å². The SMILES string of the molecule is Cc1ccc(C(=O)N2CCC(c3ccc(C#N)cc3)CC2)cc1CC(=S)CC(=O)C(C)C.Cc1ccc(C(=O)N2CCC(c3ccc(C#N)cc3)CC2)cc1CC1=NN=C(C(C)C)C1.Cl.NN. The van der Waals surface area contributed by atoms with Gasteiger partial charge in [-0.2, -0.15) is 20.7 Å². The summed E-state index contributed by atoms with van der Waals surface area (Å²) in [5, 5.41) is 26.7. The summed E-state index contributed by atoms with van der Waals surface area (Å²) in [7, 11) is 0. The molecular formula is C54H65ClN8O3S. The van der Waals surface area contributed by atoms with Crippen LogP contribution in [0.25, 0.3) is 0 Å². The van der Waals surface area contributed by atoms with Gasteiger partial charge in [0.1, 0.15) is 5.78 Å². The van der Waals surface area contributed by atoms with Crippen molar-refractivity contribution in [3.8, 4) is 12.1 Å². The summed E-state index contributed by atoms with van der Waals surface area (Å²) in [4.78, 5) is 43.0. The van der Waals surface area contributed by atoms with Gasteiger partial charge in [0.25, 0.3) is 11.8 Å². The van der Waals surface area contributed by atoms with Gasteiger partial charge in [-0.1, -0.05) is 76.3 Å². The summed E-state index contributed by atoms with van der Waals surface area (Å²) in [6, 6.07) is 31.8. The minimum atomic E-state index is -0.0193. The molecule has 352 valence electrons. The molecule has 0 bridgehead atoms. The van der Waals surface area contributed by atoms with Gasteiger partial charge in [0.15, 0.2) is 0 Å². The van der Waals surface area contributed by atoms with E-state index in [4.69, 9.17) is 22.7 Å². The number of nitrogens with zero attached hydrogens (tertiary/aromatic N) is 6. The molecule has 13 heteroatoms. The number of rotatable bonds is 12. The van der Waals surface area contributed by atoms with Gasteiger partial charge >= 0.3 is 0 Å². The van der Waals surface area contributed by atoms with Gasteiger partial charge in [0.05, 0.1) is 29.0 Å². The Labute approximate surface area is 408 Å². The highest BCUT2D eigenvalue weighted by Crippen LogP contribution is 2.31. The molecule has 4 aromatic rings. The van der Waals surface area contributed by atoms with Gasteiger partial charge in [-0.15, -0.1) is 12.4 Å². The molecule has 3 heterocycles. The first-order valence-corrected chi connectivity index (χ1v) is 23.4. The third-order valence-corrected chi connectivity index (χ3v) is 13.2. The molecule has 67 heavy (non-hydrogen) atoms. The Hall–Kier alpha value is -5.89. The number of hydrogen-bond donors (Lipinski definition) is 2. The van der Waals surface area contributed by atoms with Crippen molar-refractivity contribution in [2.75, 3.05) is 26.2 Å². The molecule has 4 N–H and O–H groups in total. The van der Waals surface area contributed by atoms with Crippen molar-refractivity contribution >= 4 is 58.5 Å². The van der Waals surface area contributed by atoms with Gasteiger partial charge < -0.3 is 9.80 Å². The summed E-state index contributed by atoms with van der Waals surface area (Å²) in [5.74, 6) is 9.56. The van der Waals surface area contributed by atoms with Crippen LogP contribution in [0.4, 0.5) is 0 Å². The van der Waals surface area contributed by atoms with E-state index in [1.807, 2.05) is 116 Å². The molecule has 0 radical (unpaired) electrons. The van der Waals surface area contributed by atoms with Crippen molar-refractivity contribution < 1.29 is 14.4 Å². The van der Waals surface area contributed by atoms with Crippen LogP contribution in [0.3, 0.4) is 0 Å². The second-order valence-corrected chi connectivity index (χ2v) is 18.7. The molecule has 0 aliphatic carbocycles. The fraction of sp³-hybridized carbons (Fsp3) is 0.407. The molecule has 2 amide bonds. The van der Waals surface area contributed by atoms with Crippen molar-refractivity contribution in [2.24, 2.45) is 33.7 Å². The summed E-state index contributed by atoms with van der Waals surface area (Å²) in [6.45, 7) is 15.1. The number of carbonyl (C=O) groups is 3. The lowest BCUT2D eigenvalue weighted by Gasteiger charge is -2.32. The molecule has 11 nitrogen and oxygen atoms in total. The van der Waals surface area contributed by atoms with Crippen molar-refractivity contribution in [3.05, 3.63) is 141 Å². The first kappa shape index (κ1) is 53.7. The number of carbonyl (C=O) groups excluding carboxylic acids is 3. The lowest BCUT2D eigenvalue weighted by Crippen LogP contribution is -2.38. The Kier molecular flexibility index (Phi) is 20.7. The first-order valence-electron chi connectivity index (χ1n) is 23.0. The Bertz CT molecular complexity index is 2510. The second-order valence-electron chi connectivity index (χ2n) is 18.2. The van der Waals surface area contributed by atoms with E-state index < -0.39 is 0 Å². The first-order chi connectivity index (χ1) is 31.7. The quantitative estimate of drug-likeness (QED) is 0.0799. The predicted octanol–water partition coefficient (Wildman–Crippen LogP) is 9.94. The fourth-order valence-electron chi connectivity index (χ4n) is 8.57. The van der Waals surface area contributed by atoms with Gasteiger partial charge in [-0.3, -0.25) is 26.1 Å². The van der Waals surface area contributed by atoms with E-state index in [1.165, 1.54) is 16.7 Å². The highest BCUT2D eigenvalue weighted by atomic mass is 35.5. The van der Waals surface area contributed by atoms with Crippen LogP contribution in [0, 0.1) is 48.3 Å². The van der Waals surface area contributed by atoms with Gasteiger partial charge in [-0.25, -0.2) is 0 Å². The zero-order valence-corrected chi connectivity index (χ0v) is 41.4. The van der Waals surface area contributed by atoms with Gasteiger partial charge in [-0.05, 0) is 139 Å². The largest absolute Gasteiger partial charge is 0.339 e. The highest BCUT2D eigenvalue weighted by molar-refractivity contribution is 7.80. The topological polar surface area (TPSA) is 182 Å². The number of benzene rings is 4. The lowest BCUT2D eigenvalue weighted by molar-refractivity contribution is -0.120. The Morgan fingerprint density at radius 1 is 0.687 bits per heavy atom. The van der Waals surface area contributed by atoms with E-state index in [2.05, 4.69) is 54.8 Å². The minimum absolute atomic E-state index is 0. The van der Waals surface area contributed by atoms with Crippen molar-refractivity contribution in [1.29, 1.82) is 10.5 Å². The molecule has 7 rings (SSSR count). The number of thiocarbonyl (C=S) groups is 1. The van der Waals surface area contributed by atoms with E-state index in [1.54, 1.807) is 0 Å². The second kappa shape index (κ2) is 25.9. The maximum atomic E-state index is 13.2. The summed E-state index contributed by atoms with van der Waals surface area (Å²) >= 11 is 5.47. The number of hydrazine groups is 1. The average molecular weight is 942 g/mol. The smallest absolute Gasteiger partial charge is 0.253 e. The Balaban J connectivity index is 0.000000278. The number of aryl methyl sites for hydroxylation is 2. The van der Waals surface area contributed by atoms with E-state index in [0.717, 1.165) is 90.2 Å². The molecule has 0 atom stereocenters. The third-order valence-electron chi connectivity index (χ3n) is 12.9. The summed E-state index contributed by atoms with van der Waals surface area (Å²) < 4.78 is 0. The highest BCUT2D eigenvalue weighted by Gasteiger charge is 2.27. The zero-order chi connectivity index (χ0) is 47.9. The Morgan fingerprint density at radius 3 is 1.52 bits per heavy atom. The van der Waals surface area contributed by atoms with E-state index >= 15 is 0 Å². The van der Waals surface area contributed by atoms with Crippen LogP contribution in [0.5, 0.6) is 0 Å². The van der Waals surface area contributed by atoms with Crippen LogP contribution in [0.15, 0.2) is 95.1 Å². The maximum Gasteiger partial charge on any atom is 0.253 e. The van der Waals surface area contributed by atoms with Gasteiger partial charge in [0, 0.05) is 79.5 Å². The molecule has 3 aliphatic heterocycles. The number of nitrogens with two attached hydrogens (primary N) is 2. The van der Waals surface area contributed by atoms with Crippen LogP contribution in [0.1, 0.15) is 143 Å². The molecule has 0 spiro atoms. The number of hydrogen-bond acceptors (Lipinski definition) is 10. The van der Waals surface area contributed by atoms with Crippen LogP contribution in [-0.4, -0.2) is 69.9 Å². The van der Waals surface area contributed by atoms with Crippen LogP contribution < -0.4 is 11.7 Å². The molecule has 0 saturated carbocycles.